The fourth-order valence-corrected chi connectivity index (χ4v) is 4.87. The van der Waals surface area contributed by atoms with Gasteiger partial charge in [-0.1, -0.05) is 23.2 Å². The highest BCUT2D eigenvalue weighted by atomic mass is 35.5. The number of nitrogens with zero attached hydrogens (tertiary/aromatic N) is 4. The average Bonchev–Trinajstić information content (AvgIpc) is 2.90. The zero-order valence-electron chi connectivity index (χ0n) is 21.2. The van der Waals surface area contributed by atoms with Crippen LogP contribution in [0.1, 0.15) is 52.7 Å². The summed E-state index contributed by atoms with van der Waals surface area (Å²) in [6.07, 6.45) is 0.364. The average molecular weight is 542 g/mol. The van der Waals surface area contributed by atoms with E-state index in [4.69, 9.17) is 28.2 Å². The van der Waals surface area contributed by atoms with Gasteiger partial charge in [0.05, 0.1) is 28.0 Å². The normalized spacial score (nSPS) is 14.8. The summed E-state index contributed by atoms with van der Waals surface area (Å²) >= 11 is 12.2. The number of halogens is 2. The third-order valence-corrected chi connectivity index (χ3v) is 7.42. The van der Waals surface area contributed by atoms with Gasteiger partial charge in [0, 0.05) is 42.9 Å². The van der Waals surface area contributed by atoms with Gasteiger partial charge >= 0.3 is 0 Å². The van der Waals surface area contributed by atoms with Crippen molar-refractivity contribution in [3.05, 3.63) is 85.2 Å². The summed E-state index contributed by atoms with van der Waals surface area (Å²) in [5.74, 6) is 0.0989. The van der Waals surface area contributed by atoms with Crippen LogP contribution in [0.4, 0.5) is 5.95 Å². The third-order valence-electron chi connectivity index (χ3n) is 6.68. The SMILES string of the molecule is CCN(CC)c1nc2c(c(=O)n1-c1ccc(C(=O)NC)cc1)C[C@@H](C)N(C(=O)c1ccc(Cl)c(Cl)c1)C2. The maximum Gasteiger partial charge on any atom is 0.263 e. The number of anilines is 1. The number of aromatic nitrogens is 2. The van der Waals surface area contributed by atoms with Gasteiger partial charge in [0.1, 0.15) is 0 Å². The first-order chi connectivity index (χ1) is 17.7. The molecule has 1 aromatic heterocycles. The van der Waals surface area contributed by atoms with E-state index in [0.29, 0.717) is 63.6 Å². The topological polar surface area (TPSA) is 87.5 Å². The second-order valence-corrected chi connectivity index (χ2v) is 9.71. The van der Waals surface area contributed by atoms with Crippen molar-refractivity contribution in [3.8, 4) is 5.69 Å². The van der Waals surface area contributed by atoms with Crippen molar-refractivity contribution in [1.29, 1.82) is 0 Å². The first-order valence-electron chi connectivity index (χ1n) is 12.2. The molecule has 2 heterocycles. The van der Waals surface area contributed by atoms with E-state index in [-0.39, 0.29) is 30.0 Å². The molecule has 1 aliphatic heterocycles. The molecule has 8 nitrogen and oxygen atoms in total. The van der Waals surface area contributed by atoms with E-state index < -0.39 is 0 Å². The van der Waals surface area contributed by atoms with Gasteiger partial charge in [-0.15, -0.1) is 0 Å². The molecular formula is C27H29Cl2N5O3. The zero-order valence-corrected chi connectivity index (χ0v) is 22.7. The third kappa shape index (κ3) is 5.08. The van der Waals surface area contributed by atoms with Crippen LogP contribution in [0, 0.1) is 0 Å². The predicted molar refractivity (Wildman–Crippen MR) is 146 cm³/mol. The van der Waals surface area contributed by atoms with Gasteiger partial charge in [0.25, 0.3) is 17.4 Å². The monoisotopic (exact) mass is 541 g/mol. The summed E-state index contributed by atoms with van der Waals surface area (Å²) < 4.78 is 1.60. The molecule has 1 aliphatic rings. The number of amides is 2. The Balaban J connectivity index is 1.79. The van der Waals surface area contributed by atoms with Gasteiger partial charge in [0.15, 0.2) is 0 Å². The number of rotatable bonds is 6. The highest BCUT2D eigenvalue weighted by molar-refractivity contribution is 6.42. The summed E-state index contributed by atoms with van der Waals surface area (Å²) in [4.78, 5) is 47.9. The Morgan fingerprint density at radius 1 is 1.05 bits per heavy atom. The van der Waals surface area contributed by atoms with E-state index >= 15 is 0 Å². The number of carbonyl (C=O) groups excluding carboxylic acids is 2. The Kier molecular flexibility index (Phi) is 7.90. The highest BCUT2D eigenvalue weighted by Gasteiger charge is 2.32. The quantitative estimate of drug-likeness (QED) is 0.501. The fourth-order valence-electron chi connectivity index (χ4n) is 4.57. The lowest BCUT2D eigenvalue weighted by atomic mass is 9.98. The maximum atomic E-state index is 13.9. The molecule has 0 aliphatic carbocycles. The summed E-state index contributed by atoms with van der Waals surface area (Å²) in [6, 6.07) is 11.5. The molecule has 2 aromatic carbocycles. The Bertz CT molecular complexity index is 1400. The summed E-state index contributed by atoms with van der Waals surface area (Å²) in [5, 5.41) is 3.29. The smallest absolute Gasteiger partial charge is 0.263 e. The number of hydrogen-bond acceptors (Lipinski definition) is 5. The van der Waals surface area contributed by atoms with Crippen LogP contribution < -0.4 is 15.8 Å². The molecule has 2 amide bonds. The summed E-state index contributed by atoms with van der Waals surface area (Å²) in [5.41, 5.74) is 2.54. The second kappa shape index (κ2) is 10.9. The van der Waals surface area contributed by atoms with Crippen LogP contribution in [0.25, 0.3) is 5.69 Å². The lowest BCUT2D eigenvalue weighted by Gasteiger charge is -2.35. The first kappa shape index (κ1) is 26.7. The molecule has 37 heavy (non-hydrogen) atoms. The Labute approximate surface area is 225 Å². The van der Waals surface area contributed by atoms with Crippen molar-refractivity contribution < 1.29 is 9.59 Å². The molecule has 1 atom stereocenters. The number of hydrogen-bond donors (Lipinski definition) is 1. The number of benzene rings is 2. The predicted octanol–water partition coefficient (Wildman–Crippen LogP) is 4.33. The van der Waals surface area contributed by atoms with Crippen LogP contribution in [0.3, 0.4) is 0 Å². The maximum absolute atomic E-state index is 13.9. The van der Waals surface area contributed by atoms with Gasteiger partial charge in [-0.3, -0.25) is 14.4 Å². The molecular weight excluding hydrogens is 513 g/mol. The lowest BCUT2D eigenvalue weighted by Crippen LogP contribution is -2.46. The molecule has 0 radical (unpaired) electrons. The van der Waals surface area contributed by atoms with E-state index in [9.17, 15) is 14.4 Å². The molecule has 10 heteroatoms. The molecule has 4 rings (SSSR count). The molecule has 0 saturated heterocycles. The van der Waals surface area contributed by atoms with Crippen molar-refractivity contribution in [1.82, 2.24) is 19.8 Å². The minimum Gasteiger partial charge on any atom is -0.355 e. The summed E-state index contributed by atoms with van der Waals surface area (Å²) in [6.45, 7) is 7.39. The minimum absolute atomic E-state index is 0.173. The van der Waals surface area contributed by atoms with Crippen LogP contribution in [-0.4, -0.2) is 52.4 Å². The van der Waals surface area contributed by atoms with Crippen LogP contribution in [0.5, 0.6) is 0 Å². The number of fused-ring (bicyclic) bond motifs is 1. The molecule has 1 N–H and O–H groups in total. The van der Waals surface area contributed by atoms with Crippen molar-refractivity contribution in [2.75, 3.05) is 25.0 Å². The Morgan fingerprint density at radius 3 is 2.30 bits per heavy atom. The van der Waals surface area contributed by atoms with Gasteiger partial charge in [0.2, 0.25) is 5.95 Å². The van der Waals surface area contributed by atoms with Gasteiger partial charge in [-0.25, -0.2) is 9.55 Å². The van der Waals surface area contributed by atoms with Gasteiger partial charge in [-0.2, -0.15) is 0 Å². The fraction of sp³-hybridized carbons (Fsp3) is 0.333. The van der Waals surface area contributed by atoms with E-state index in [0.717, 1.165) is 0 Å². The van der Waals surface area contributed by atoms with Gasteiger partial charge in [-0.05, 0) is 69.7 Å². The van der Waals surface area contributed by atoms with E-state index in [1.165, 1.54) is 0 Å². The number of carbonyl (C=O) groups is 2. The molecule has 0 fully saturated rings. The molecule has 0 saturated carbocycles. The Morgan fingerprint density at radius 2 is 1.70 bits per heavy atom. The first-order valence-corrected chi connectivity index (χ1v) is 12.9. The molecule has 3 aromatic rings. The Hall–Kier alpha value is -3.36. The largest absolute Gasteiger partial charge is 0.355 e. The second-order valence-electron chi connectivity index (χ2n) is 8.89. The molecule has 194 valence electrons. The van der Waals surface area contributed by atoms with Crippen molar-refractivity contribution in [2.45, 2.75) is 39.8 Å². The van der Waals surface area contributed by atoms with Gasteiger partial charge < -0.3 is 15.1 Å². The van der Waals surface area contributed by atoms with Crippen molar-refractivity contribution in [3.63, 3.8) is 0 Å². The number of nitrogens with one attached hydrogen (secondary N) is 1. The van der Waals surface area contributed by atoms with Crippen LogP contribution in [0.2, 0.25) is 10.0 Å². The van der Waals surface area contributed by atoms with E-state index in [1.54, 1.807) is 59.0 Å². The standard InChI is InChI=1S/C27H29Cl2N5O3/c1-5-32(6-2)27-31-23-15-33(25(36)18-9-12-21(28)22(29)14-18)16(3)13-20(23)26(37)34(27)19-10-7-17(8-11-19)24(35)30-4/h7-12,14,16H,5-6,13,15H2,1-4H3,(H,30,35)/t16-/m1/s1. The minimum atomic E-state index is -0.229. The van der Waals surface area contributed by atoms with E-state index in [1.807, 2.05) is 25.7 Å². The summed E-state index contributed by atoms with van der Waals surface area (Å²) in [7, 11) is 1.57. The lowest BCUT2D eigenvalue weighted by molar-refractivity contribution is 0.0653. The van der Waals surface area contributed by atoms with Crippen LogP contribution >= 0.6 is 23.2 Å². The molecule has 0 unspecified atom stereocenters. The molecule has 0 spiro atoms. The van der Waals surface area contributed by atoms with Crippen molar-refractivity contribution >= 4 is 41.0 Å². The van der Waals surface area contributed by atoms with E-state index in [2.05, 4.69) is 5.32 Å². The molecule has 0 bridgehead atoms. The van der Waals surface area contributed by atoms with Crippen LogP contribution in [-0.2, 0) is 13.0 Å². The van der Waals surface area contributed by atoms with Crippen LogP contribution in [0.15, 0.2) is 47.3 Å². The van der Waals surface area contributed by atoms with Crippen molar-refractivity contribution in [2.24, 2.45) is 0 Å². The zero-order chi connectivity index (χ0) is 26.9. The highest BCUT2D eigenvalue weighted by Crippen LogP contribution is 2.28.